The van der Waals surface area contributed by atoms with E-state index in [4.69, 9.17) is 0 Å². The van der Waals surface area contributed by atoms with Crippen LogP contribution in [0.5, 0.6) is 0 Å². The average Bonchev–Trinajstić information content (AvgIpc) is 3.64. The van der Waals surface area contributed by atoms with Crippen molar-refractivity contribution in [1.82, 2.24) is 19.5 Å². The van der Waals surface area contributed by atoms with Gasteiger partial charge in [0.1, 0.15) is 10.5 Å². The monoisotopic (exact) mass is 616 g/mol. The highest BCUT2D eigenvalue weighted by atomic mass is 32.1. The second kappa shape index (κ2) is 11.5. The first-order valence-corrected chi connectivity index (χ1v) is 16.0. The molecule has 1 aliphatic carbocycles. The van der Waals surface area contributed by atoms with Crippen molar-refractivity contribution in [2.45, 2.75) is 44.9 Å². The molecular weight excluding hydrogens is 584 g/mol. The van der Waals surface area contributed by atoms with Crippen LogP contribution in [0.2, 0.25) is 0 Å². The van der Waals surface area contributed by atoms with Crippen molar-refractivity contribution >= 4 is 60.1 Å². The number of rotatable bonds is 4. The Morgan fingerprint density at radius 1 is 1.02 bits per heavy atom. The Bertz CT molecular complexity index is 2380. The van der Waals surface area contributed by atoms with Crippen LogP contribution < -0.4 is 11.2 Å². The number of nitrogens with zero attached hydrogens (tertiary/aromatic N) is 2. The molecule has 45 heavy (non-hydrogen) atoms. The number of nitrogens with one attached hydrogen (secondary N) is 2. The van der Waals surface area contributed by atoms with Crippen molar-refractivity contribution < 1.29 is 9.90 Å². The first-order valence-electron chi connectivity index (χ1n) is 15.2. The van der Waals surface area contributed by atoms with Crippen molar-refractivity contribution in [3.8, 4) is 0 Å². The van der Waals surface area contributed by atoms with E-state index in [1.807, 2.05) is 6.07 Å². The van der Waals surface area contributed by atoms with Gasteiger partial charge in [-0.3, -0.25) is 14.3 Å². The molecule has 1 atom stereocenters. The van der Waals surface area contributed by atoms with Crippen LogP contribution in [0, 0.1) is 0 Å². The van der Waals surface area contributed by atoms with Crippen LogP contribution in [0.3, 0.4) is 0 Å². The summed E-state index contributed by atoms with van der Waals surface area (Å²) in [6.45, 7) is 2.32. The molecule has 8 nitrogen and oxygen atoms in total. The van der Waals surface area contributed by atoms with Gasteiger partial charge in [0.15, 0.2) is 0 Å². The summed E-state index contributed by atoms with van der Waals surface area (Å²) in [5, 5.41) is 16.2. The predicted molar refractivity (Wildman–Crippen MR) is 181 cm³/mol. The number of benzene rings is 3. The Balaban J connectivity index is 0.000000148. The molecule has 0 amide bonds. The van der Waals surface area contributed by atoms with E-state index in [2.05, 4.69) is 70.4 Å². The highest BCUT2D eigenvalue weighted by Crippen LogP contribution is 2.39. The quantitative estimate of drug-likeness (QED) is 0.180. The molecule has 0 fully saturated rings. The van der Waals surface area contributed by atoms with E-state index in [0.29, 0.717) is 16.9 Å². The van der Waals surface area contributed by atoms with E-state index in [9.17, 15) is 19.5 Å². The van der Waals surface area contributed by atoms with Crippen molar-refractivity contribution in [1.29, 1.82) is 0 Å². The minimum absolute atomic E-state index is 0.0348. The van der Waals surface area contributed by atoms with Gasteiger partial charge in [-0.25, -0.2) is 14.6 Å². The van der Waals surface area contributed by atoms with Gasteiger partial charge in [0, 0.05) is 36.1 Å². The summed E-state index contributed by atoms with van der Waals surface area (Å²) >= 11 is 1.11. The van der Waals surface area contributed by atoms with Crippen molar-refractivity contribution in [3.63, 3.8) is 0 Å². The normalized spacial score (nSPS) is 14.5. The maximum absolute atomic E-state index is 12.4. The standard InChI is InChI=1S/C20H20.C16H12N4O4S/c1-2-14-7-5-9-18-17(14)12-13-19-16-8-4-3-6-15(16)10-11-20(18)19;1-20-14(21)11-10(15(22)23)9(25-13(11)19-16(20)24)5-7-6-18-12-8(7)3-2-4-17-12/h3-4,6,8,10-14H,2,5,7,9H2,1H3;2-4,6H,5H2,1H3,(H,17,18)(H,19,24)(H,22,23). The maximum atomic E-state index is 12.4. The third kappa shape index (κ3) is 4.93. The number of hydrogen-bond donors (Lipinski definition) is 3. The molecule has 8 rings (SSSR count). The van der Waals surface area contributed by atoms with Gasteiger partial charge >= 0.3 is 11.7 Å². The number of carboxylic acids is 1. The number of H-pyrrole nitrogens is 2. The summed E-state index contributed by atoms with van der Waals surface area (Å²) in [4.78, 5) is 46.6. The highest BCUT2D eigenvalue weighted by molar-refractivity contribution is 7.19. The molecule has 4 heterocycles. The van der Waals surface area contributed by atoms with Crippen molar-refractivity contribution in [2.24, 2.45) is 7.05 Å². The molecule has 226 valence electrons. The van der Waals surface area contributed by atoms with Gasteiger partial charge in [0.2, 0.25) is 0 Å². The summed E-state index contributed by atoms with van der Waals surface area (Å²) in [6.07, 6.45) is 8.99. The first kappa shape index (κ1) is 28.7. The van der Waals surface area contributed by atoms with Crippen LogP contribution in [-0.4, -0.2) is 30.6 Å². The lowest BCUT2D eigenvalue weighted by atomic mass is 9.79. The van der Waals surface area contributed by atoms with Gasteiger partial charge in [-0.05, 0) is 82.0 Å². The Labute approximate surface area is 262 Å². The summed E-state index contributed by atoms with van der Waals surface area (Å²) in [5.41, 5.74) is 3.57. The molecule has 9 heteroatoms. The molecule has 1 unspecified atom stereocenters. The van der Waals surface area contributed by atoms with Crippen molar-refractivity contribution in [3.05, 3.63) is 121 Å². The number of hydrogen-bond acceptors (Lipinski definition) is 5. The molecular formula is C36H32N4O4S. The Morgan fingerprint density at radius 3 is 2.64 bits per heavy atom. The third-order valence-electron chi connectivity index (χ3n) is 9.11. The molecule has 0 saturated carbocycles. The van der Waals surface area contributed by atoms with Gasteiger partial charge < -0.3 is 10.1 Å². The molecule has 3 aromatic carbocycles. The molecule has 3 N–H and O–H groups in total. The number of aromatic carboxylic acids is 1. The second-order valence-electron chi connectivity index (χ2n) is 11.6. The molecule has 0 spiro atoms. The number of carbonyl (C=O) groups is 1. The molecule has 0 bridgehead atoms. The smallest absolute Gasteiger partial charge is 0.337 e. The van der Waals surface area contributed by atoms with E-state index in [0.717, 1.165) is 32.8 Å². The summed E-state index contributed by atoms with van der Waals surface area (Å²) < 4.78 is 0.876. The summed E-state index contributed by atoms with van der Waals surface area (Å²) in [6, 6.07) is 21.8. The van der Waals surface area contributed by atoms with E-state index >= 15 is 0 Å². The number of fused-ring (bicyclic) bond motifs is 7. The molecule has 7 aromatic rings. The van der Waals surface area contributed by atoms with Crippen LogP contribution in [0.4, 0.5) is 0 Å². The fraction of sp³-hybridized carbons (Fsp3) is 0.222. The van der Waals surface area contributed by atoms with Crippen LogP contribution in [0.1, 0.15) is 64.0 Å². The Kier molecular flexibility index (Phi) is 7.33. The van der Waals surface area contributed by atoms with E-state index in [1.165, 1.54) is 54.3 Å². The average molecular weight is 617 g/mol. The van der Waals surface area contributed by atoms with Crippen LogP contribution >= 0.6 is 11.3 Å². The van der Waals surface area contributed by atoms with Gasteiger partial charge in [0.05, 0.1) is 10.9 Å². The molecule has 0 saturated heterocycles. The second-order valence-corrected chi connectivity index (χ2v) is 12.7. The highest BCUT2D eigenvalue weighted by Gasteiger charge is 2.24. The van der Waals surface area contributed by atoms with Gasteiger partial charge in [-0.2, -0.15) is 0 Å². The van der Waals surface area contributed by atoms with Gasteiger partial charge in [-0.1, -0.05) is 55.5 Å². The molecule has 0 radical (unpaired) electrons. The van der Waals surface area contributed by atoms with Crippen LogP contribution in [0.25, 0.3) is 42.8 Å². The molecule has 1 aliphatic rings. The Morgan fingerprint density at radius 2 is 1.82 bits per heavy atom. The number of aromatic nitrogens is 4. The zero-order valence-corrected chi connectivity index (χ0v) is 25.8. The third-order valence-corrected chi connectivity index (χ3v) is 10.2. The largest absolute Gasteiger partial charge is 0.478 e. The predicted octanol–water partition coefficient (Wildman–Crippen LogP) is 7.28. The zero-order chi connectivity index (χ0) is 31.2. The fourth-order valence-corrected chi connectivity index (χ4v) is 8.02. The topological polar surface area (TPSA) is 121 Å². The van der Waals surface area contributed by atoms with Gasteiger partial charge in [-0.15, -0.1) is 11.3 Å². The fourth-order valence-electron chi connectivity index (χ4n) is 6.83. The van der Waals surface area contributed by atoms with Crippen LogP contribution in [-0.2, 0) is 19.9 Å². The zero-order valence-electron chi connectivity index (χ0n) is 25.0. The van der Waals surface area contributed by atoms with E-state index in [1.54, 1.807) is 29.6 Å². The minimum atomic E-state index is -1.19. The lowest BCUT2D eigenvalue weighted by Crippen LogP contribution is -2.32. The number of aryl methyl sites for hydroxylation is 1. The molecule has 4 aromatic heterocycles. The SMILES string of the molecule is CCC1CCCc2c1ccc1c2ccc2ccccc21.Cn1c(=O)[nH]c2sc(Cc3c[nH]c4ncccc34)c(C(=O)O)c2c1=O. The summed E-state index contributed by atoms with van der Waals surface area (Å²) in [5.74, 6) is -0.419. The lowest BCUT2D eigenvalue weighted by molar-refractivity contribution is 0.0698. The number of aromatic amines is 2. The minimum Gasteiger partial charge on any atom is -0.478 e. The Hall–Kier alpha value is -5.02. The van der Waals surface area contributed by atoms with E-state index in [-0.39, 0.29) is 15.8 Å². The van der Waals surface area contributed by atoms with Gasteiger partial charge in [0.25, 0.3) is 5.56 Å². The first-order chi connectivity index (χ1) is 21.9. The van der Waals surface area contributed by atoms with Crippen molar-refractivity contribution in [2.75, 3.05) is 0 Å². The van der Waals surface area contributed by atoms with E-state index < -0.39 is 17.2 Å². The number of thiophene rings is 1. The number of pyridine rings is 1. The van der Waals surface area contributed by atoms with Crippen LogP contribution in [0.15, 0.2) is 82.6 Å². The molecule has 0 aliphatic heterocycles. The summed E-state index contributed by atoms with van der Waals surface area (Å²) in [7, 11) is 1.31. The lowest BCUT2D eigenvalue weighted by Gasteiger charge is -2.26. The maximum Gasteiger partial charge on any atom is 0.337 e. The number of carboxylic acid groups (broad SMARTS) is 1.